The van der Waals surface area contributed by atoms with Crippen LogP contribution in [-0.2, 0) is 19.1 Å². The van der Waals surface area contributed by atoms with Gasteiger partial charge in [0.2, 0.25) is 0 Å². The average molecular weight is 381 g/mol. The van der Waals surface area contributed by atoms with Gasteiger partial charge in [-0.1, -0.05) is 0 Å². The standard InChI is InChI=1S/C14H23NO11/c1-3(16)5-8(19)6(15)12(26-14(5,25)13(23)24)11(22)10(21)9(20)7(18)4(2)17/h4-6,8-12,17,19-22,25H,15H2,1-2H3,(H,23,24)/t4-,5?,6+,8-,9?,10+,11+,12+,14?/m0/s1. The third kappa shape index (κ3) is 3.92. The second kappa shape index (κ2) is 8.02. The summed E-state index contributed by atoms with van der Waals surface area (Å²) in [5, 5.41) is 68.3. The summed E-state index contributed by atoms with van der Waals surface area (Å²) < 4.78 is 4.82. The number of carbonyl (C=O) groups excluding carboxylic acids is 2. The number of nitrogens with two attached hydrogens (primary N) is 1. The van der Waals surface area contributed by atoms with Crippen molar-refractivity contribution in [3.8, 4) is 0 Å². The zero-order valence-corrected chi connectivity index (χ0v) is 14.0. The molecule has 1 heterocycles. The van der Waals surface area contributed by atoms with Gasteiger partial charge in [-0.25, -0.2) is 4.79 Å². The maximum absolute atomic E-state index is 11.6. The van der Waals surface area contributed by atoms with Crippen LogP contribution in [0.15, 0.2) is 0 Å². The fourth-order valence-electron chi connectivity index (χ4n) is 2.80. The van der Waals surface area contributed by atoms with Crippen LogP contribution in [0.4, 0.5) is 0 Å². The van der Waals surface area contributed by atoms with Gasteiger partial charge in [-0.3, -0.25) is 9.59 Å². The third-order valence-corrected chi connectivity index (χ3v) is 4.31. The van der Waals surface area contributed by atoms with E-state index in [1.165, 1.54) is 0 Å². The second-order valence-electron chi connectivity index (χ2n) is 6.24. The summed E-state index contributed by atoms with van der Waals surface area (Å²) >= 11 is 0. The summed E-state index contributed by atoms with van der Waals surface area (Å²) in [7, 11) is 0. The van der Waals surface area contributed by atoms with Gasteiger partial charge in [0, 0.05) is 0 Å². The number of ether oxygens (including phenoxy) is 1. The van der Waals surface area contributed by atoms with Crippen molar-refractivity contribution in [3.05, 3.63) is 0 Å². The lowest BCUT2D eigenvalue weighted by molar-refractivity contribution is -0.312. The number of Topliss-reactive ketones (excluding diaryl/α,β-unsaturated/α-hetero) is 2. The Kier molecular flexibility index (Phi) is 6.95. The molecule has 150 valence electrons. The number of hydrogen-bond acceptors (Lipinski definition) is 11. The van der Waals surface area contributed by atoms with E-state index in [0.29, 0.717) is 0 Å². The minimum absolute atomic E-state index is 0.883. The van der Waals surface area contributed by atoms with Gasteiger partial charge in [-0.2, -0.15) is 0 Å². The first-order valence-electron chi connectivity index (χ1n) is 7.61. The SMILES string of the molecule is CC(=O)C1[C@H](O)[C@@H](N)[C@H]([C@H](O)[C@H](O)C(O)C(=O)[C@H](C)O)OC1(O)C(=O)O. The van der Waals surface area contributed by atoms with E-state index in [-0.39, 0.29) is 0 Å². The van der Waals surface area contributed by atoms with E-state index in [1.54, 1.807) is 0 Å². The van der Waals surface area contributed by atoms with E-state index in [1.807, 2.05) is 0 Å². The van der Waals surface area contributed by atoms with E-state index < -0.39 is 71.9 Å². The number of hydrogen-bond donors (Lipinski definition) is 8. The summed E-state index contributed by atoms with van der Waals surface area (Å²) in [6.45, 7) is 1.88. The van der Waals surface area contributed by atoms with Crippen LogP contribution in [0, 0.1) is 5.92 Å². The van der Waals surface area contributed by atoms with E-state index in [2.05, 4.69) is 0 Å². The second-order valence-corrected chi connectivity index (χ2v) is 6.24. The van der Waals surface area contributed by atoms with Gasteiger partial charge in [0.15, 0.2) is 5.78 Å². The molecule has 0 aromatic carbocycles. The average Bonchev–Trinajstić information content (AvgIpc) is 2.54. The molecule has 26 heavy (non-hydrogen) atoms. The Morgan fingerprint density at radius 1 is 1.15 bits per heavy atom. The van der Waals surface area contributed by atoms with Crippen LogP contribution in [-0.4, -0.2) is 102 Å². The van der Waals surface area contributed by atoms with Gasteiger partial charge in [0.1, 0.15) is 42.2 Å². The van der Waals surface area contributed by atoms with Crippen molar-refractivity contribution in [2.24, 2.45) is 11.7 Å². The lowest BCUT2D eigenvalue weighted by Crippen LogP contribution is -2.71. The molecule has 1 rings (SSSR count). The summed E-state index contributed by atoms with van der Waals surface area (Å²) in [5.41, 5.74) is 5.63. The molecule has 9 atom stereocenters. The number of rotatable bonds is 7. The molecule has 0 aromatic heterocycles. The maximum Gasteiger partial charge on any atom is 0.365 e. The largest absolute Gasteiger partial charge is 0.477 e. The molecular weight excluding hydrogens is 358 g/mol. The van der Waals surface area contributed by atoms with Crippen molar-refractivity contribution in [3.63, 3.8) is 0 Å². The first kappa shape index (κ1) is 22.5. The topological polar surface area (TPSA) is 228 Å². The molecule has 0 spiro atoms. The highest BCUT2D eigenvalue weighted by Crippen LogP contribution is 2.35. The van der Waals surface area contributed by atoms with Crippen LogP contribution in [0.3, 0.4) is 0 Å². The molecule has 1 fully saturated rings. The van der Waals surface area contributed by atoms with Gasteiger partial charge in [0.25, 0.3) is 5.79 Å². The Morgan fingerprint density at radius 2 is 1.65 bits per heavy atom. The normalized spacial score (nSPS) is 36.7. The molecule has 0 radical (unpaired) electrons. The van der Waals surface area contributed by atoms with Crippen molar-refractivity contribution in [1.29, 1.82) is 0 Å². The Labute approximate surface area is 147 Å². The Balaban J connectivity index is 3.18. The van der Waals surface area contributed by atoms with Crippen molar-refractivity contribution in [1.82, 2.24) is 0 Å². The predicted molar refractivity (Wildman–Crippen MR) is 80.3 cm³/mol. The van der Waals surface area contributed by atoms with Crippen molar-refractivity contribution < 1.29 is 54.9 Å². The number of carbonyl (C=O) groups is 3. The highest BCUT2D eigenvalue weighted by atomic mass is 16.7. The van der Waals surface area contributed by atoms with Crippen LogP contribution in [0.1, 0.15) is 13.8 Å². The quantitative estimate of drug-likeness (QED) is 0.207. The summed E-state index contributed by atoms with van der Waals surface area (Å²) in [6.07, 6.45) is -12.5. The molecule has 3 unspecified atom stereocenters. The van der Waals surface area contributed by atoms with Gasteiger partial charge in [-0.05, 0) is 13.8 Å². The number of carboxylic acids is 1. The molecule has 1 saturated heterocycles. The Hall–Kier alpha value is -1.51. The molecule has 0 amide bonds. The molecular formula is C14H23NO11. The number of ketones is 2. The molecule has 0 aliphatic carbocycles. The van der Waals surface area contributed by atoms with E-state index in [9.17, 15) is 39.9 Å². The number of aliphatic carboxylic acids is 1. The van der Waals surface area contributed by atoms with Crippen molar-refractivity contribution in [2.75, 3.05) is 0 Å². The molecule has 12 heteroatoms. The van der Waals surface area contributed by atoms with Crippen LogP contribution in [0.5, 0.6) is 0 Å². The maximum atomic E-state index is 11.6. The lowest BCUT2D eigenvalue weighted by Gasteiger charge is -2.47. The molecule has 12 nitrogen and oxygen atoms in total. The lowest BCUT2D eigenvalue weighted by atomic mass is 9.78. The molecule has 0 bridgehead atoms. The zero-order valence-electron chi connectivity index (χ0n) is 14.0. The first-order valence-corrected chi connectivity index (χ1v) is 7.61. The first-order chi connectivity index (χ1) is 11.8. The summed E-state index contributed by atoms with van der Waals surface area (Å²) in [5.74, 6) is -9.53. The minimum atomic E-state index is -3.27. The van der Waals surface area contributed by atoms with E-state index >= 15 is 0 Å². The van der Waals surface area contributed by atoms with Gasteiger partial charge in [-0.15, -0.1) is 0 Å². The van der Waals surface area contributed by atoms with E-state index in [4.69, 9.17) is 20.7 Å². The van der Waals surface area contributed by atoms with Gasteiger partial charge >= 0.3 is 5.97 Å². The highest BCUT2D eigenvalue weighted by Gasteiger charge is 2.61. The van der Waals surface area contributed by atoms with Crippen molar-refractivity contribution in [2.45, 2.75) is 62.3 Å². The number of carboxylic acid groups (broad SMARTS) is 1. The number of aliphatic hydroxyl groups excluding tert-OH is 5. The van der Waals surface area contributed by atoms with Gasteiger partial charge in [0.05, 0.1) is 12.1 Å². The highest BCUT2D eigenvalue weighted by molar-refractivity contribution is 5.89. The van der Waals surface area contributed by atoms with E-state index in [0.717, 1.165) is 13.8 Å². The molecule has 1 aliphatic heterocycles. The minimum Gasteiger partial charge on any atom is -0.477 e. The Bertz CT molecular complexity index is 567. The zero-order chi connectivity index (χ0) is 20.6. The summed E-state index contributed by atoms with van der Waals surface area (Å²) in [4.78, 5) is 34.5. The fourth-order valence-corrected chi connectivity index (χ4v) is 2.80. The monoisotopic (exact) mass is 381 g/mol. The van der Waals surface area contributed by atoms with Crippen LogP contribution < -0.4 is 5.73 Å². The van der Waals surface area contributed by atoms with Gasteiger partial charge < -0.3 is 46.2 Å². The predicted octanol–water partition coefficient (Wildman–Crippen LogP) is -4.92. The van der Waals surface area contributed by atoms with Crippen molar-refractivity contribution >= 4 is 17.5 Å². The smallest absolute Gasteiger partial charge is 0.365 e. The number of aliphatic hydroxyl groups is 6. The van der Waals surface area contributed by atoms with Crippen LogP contribution in [0.2, 0.25) is 0 Å². The molecule has 0 aromatic rings. The van der Waals surface area contributed by atoms with Crippen LogP contribution in [0.25, 0.3) is 0 Å². The Morgan fingerprint density at radius 3 is 2.04 bits per heavy atom. The fraction of sp³-hybridized carbons (Fsp3) is 0.786. The molecule has 9 N–H and O–H groups in total. The third-order valence-electron chi connectivity index (χ3n) is 4.31. The molecule has 0 saturated carbocycles. The van der Waals surface area contributed by atoms with Crippen LogP contribution >= 0.6 is 0 Å². The summed E-state index contributed by atoms with van der Waals surface area (Å²) in [6, 6.07) is -1.66. The molecule has 1 aliphatic rings.